The number of hydrogen-bond acceptors (Lipinski definition) is 5. The molecule has 2 aromatic heterocycles. The molecule has 1 unspecified atom stereocenters. The third kappa shape index (κ3) is 2.29. The summed E-state index contributed by atoms with van der Waals surface area (Å²) in [4.78, 5) is 14.4. The Labute approximate surface area is 161 Å². The molecule has 2 bridgehead atoms. The van der Waals surface area contributed by atoms with Crippen LogP contribution in [0, 0.1) is 11.8 Å². The largest absolute Gasteiger partial charge is 0.459 e. The molecule has 5 atom stereocenters. The van der Waals surface area contributed by atoms with E-state index in [-0.39, 0.29) is 6.10 Å². The highest BCUT2D eigenvalue weighted by molar-refractivity contribution is 7.12. The molecule has 138 valence electrons. The number of fused-ring (bicyclic) bond motifs is 5. The first-order valence-electron chi connectivity index (χ1n) is 9.27. The standard InChI is InChI=1S/C20H24NO3S2/c1-21(2)15-9-12(10-16(21)14-11-13(14)15)24-19(22)20(23,17-5-3-7-25-17)18-6-4-8-26-18/h3-8,12-16,23H,9-11H2,1-2H3/q+1/t12?,13-,14+,15+,16-. The molecule has 3 fully saturated rings. The van der Waals surface area contributed by atoms with Crippen LogP contribution in [0.4, 0.5) is 0 Å². The highest BCUT2D eigenvalue weighted by Crippen LogP contribution is 2.61. The maximum atomic E-state index is 13.2. The number of nitrogens with zero attached hydrogens (tertiary/aromatic N) is 1. The van der Waals surface area contributed by atoms with Crippen molar-refractivity contribution in [3.8, 4) is 0 Å². The zero-order chi connectivity index (χ0) is 18.1. The van der Waals surface area contributed by atoms with E-state index >= 15 is 0 Å². The number of piperidine rings is 2. The Morgan fingerprint density at radius 3 is 2.08 bits per heavy atom. The van der Waals surface area contributed by atoms with Gasteiger partial charge in [0.15, 0.2) is 0 Å². The fourth-order valence-electron chi connectivity index (χ4n) is 5.51. The van der Waals surface area contributed by atoms with Crippen LogP contribution < -0.4 is 0 Å². The van der Waals surface area contributed by atoms with Crippen LogP contribution in [0.1, 0.15) is 29.0 Å². The van der Waals surface area contributed by atoms with Crippen molar-refractivity contribution < 1.29 is 19.1 Å². The van der Waals surface area contributed by atoms with Crippen molar-refractivity contribution in [3.05, 3.63) is 44.8 Å². The van der Waals surface area contributed by atoms with E-state index in [2.05, 4.69) is 14.1 Å². The lowest BCUT2D eigenvalue weighted by atomic mass is 9.92. The minimum Gasteiger partial charge on any atom is -0.459 e. The molecule has 3 aliphatic rings. The van der Waals surface area contributed by atoms with Crippen molar-refractivity contribution >= 4 is 28.6 Å². The van der Waals surface area contributed by atoms with Crippen LogP contribution >= 0.6 is 22.7 Å². The van der Waals surface area contributed by atoms with E-state index in [1.807, 2.05) is 35.0 Å². The molecule has 2 aliphatic heterocycles. The zero-order valence-corrected chi connectivity index (χ0v) is 16.6. The second kappa shape index (κ2) is 5.64. The molecule has 1 N–H and O–H groups in total. The van der Waals surface area contributed by atoms with Gasteiger partial charge >= 0.3 is 5.97 Å². The predicted octanol–water partition coefficient (Wildman–Crippen LogP) is 3.21. The van der Waals surface area contributed by atoms with E-state index in [9.17, 15) is 9.90 Å². The Bertz CT molecular complexity index is 760. The second-order valence-corrected chi connectivity index (χ2v) is 10.4. The highest BCUT2D eigenvalue weighted by Gasteiger charge is 2.68. The van der Waals surface area contributed by atoms with Gasteiger partial charge < -0.3 is 14.3 Å². The quantitative estimate of drug-likeness (QED) is 0.644. The number of ether oxygens (including phenoxy) is 1. The average molecular weight is 391 g/mol. The van der Waals surface area contributed by atoms with Gasteiger partial charge in [0.2, 0.25) is 5.60 Å². The molecule has 0 amide bonds. The first kappa shape index (κ1) is 16.9. The number of hydrogen-bond donors (Lipinski definition) is 1. The fraction of sp³-hybridized carbons (Fsp3) is 0.550. The van der Waals surface area contributed by atoms with Crippen molar-refractivity contribution in [1.29, 1.82) is 0 Å². The molecule has 6 heteroatoms. The molecule has 5 rings (SSSR count). The Hall–Kier alpha value is -1.21. The zero-order valence-electron chi connectivity index (χ0n) is 15.0. The van der Waals surface area contributed by atoms with Gasteiger partial charge in [0, 0.05) is 24.7 Å². The van der Waals surface area contributed by atoms with Gasteiger partial charge in [-0.1, -0.05) is 12.1 Å². The van der Waals surface area contributed by atoms with Gasteiger partial charge in [-0.2, -0.15) is 0 Å². The van der Waals surface area contributed by atoms with Gasteiger partial charge in [-0.05, 0) is 29.3 Å². The molecule has 0 aromatic carbocycles. The van der Waals surface area contributed by atoms with Crippen LogP contribution in [0.2, 0.25) is 0 Å². The Morgan fingerprint density at radius 2 is 1.62 bits per heavy atom. The van der Waals surface area contributed by atoms with Crippen LogP contribution in [-0.2, 0) is 15.1 Å². The smallest absolute Gasteiger partial charge is 0.349 e. The molecular formula is C20H24NO3S2+. The topological polar surface area (TPSA) is 46.5 Å². The Balaban J connectivity index is 1.40. The van der Waals surface area contributed by atoms with Gasteiger partial charge in [-0.3, -0.25) is 0 Å². The summed E-state index contributed by atoms with van der Waals surface area (Å²) in [7, 11) is 4.65. The highest BCUT2D eigenvalue weighted by atomic mass is 32.1. The predicted molar refractivity (Wildman–Crippen MR) is 102 cm³/mol. The van der Waals surface area contributed by atoms with E-state index in [4.69, 9.17) is 4.74 Å². The van der Waals surface area contributed by atoms with E-state index in [1.54, 1.807) is 0 Å². The number of rotatable bonds is 4. The third-order valence-electron chi connectivity index (χ3n) is 6.92. The van der Waals surface area contributed by atoms with E-state index in [0.29, 0.717) is 21.8 Å². The number of quaternary nitrogens is 1. The normalized spacial score (nSPS) is 34.3. The van der Waals surface area contributed by atoms with Gasteiger partial charge in [-0.25, -0.2) is 4.79 Å². The summed E-state index contributed by atoms with van der Waals surface area (Å²) in [6.07, 6.45) is 3.11. The molecule has 4 heterocycles. The maximum Gasteiger partial charge on any atom is 0.349 e. The summed E-state index contributed by atoms with van der Waals surface area (Å²) in [6.45, 7) is 0. The van der Waals surface area contributed by atoms with Crippen molar-refractivity contribution in [3.63, 3.8) is 0 Å². The first-order chi connectivity index (χ1) is 12.4. The minimum absolute atomic E-state index is 0.0806. The average Bonchev–Trinajstić information content (AvgIpc) is 2.98. The number of carbonyl (C=O) groups excluding carboxylic acids is 1. The second-order valence-electron chi connectivity index (χ2n) is 8.49. The molecule has 1 aliphatic carbocycles. The summed E-state index contributed by atoms with van der Waals surface area (Å²) in [5, 5.41) is 15.2. The van der Waals surface area contributed by atoms with E-state index in [1.165, 1.54) is 29.1 Å². The van der Waals surface area contributed by atoms with Crippen LogP contribution in [0.15, 0.2) is 35.0 Å². The number of carbonyl (C=O) groups is 1. The molecule has 0 spiro atoms. The number of aliphatic hydroxyl groups is 1. The summed E-state index contributed by atoms with van der Waals surface area (Å²) in [5.74, 6) is 1.10. The van der Waals surface area contributed by atoms with Crippen LogP contribution in [0.3, 0.4) is 0 Å². The summed E-state index contributed by atoms with van der Waals surface area (Å²) in [6, 6.07) is 8.53. The number of esters is 1. The van der Waals surface area contributed by atoms with Gasteiger partial charge in [-0.15, -0.1) is 22.7 Å². The lowest BCUT2D eigenvalue weighted by Gasteiger charge is -2.46. The third-order valence-corrected chi connectivity index (χ3v) is 8.88. The molecule has 4 nitrogen and oxygen atoms in total. The minimum atomic E-state index is -1.69. The van der Waals surface area contributed by atoms with Gasteiger partial charge in [0.25, 0.3) is 0 Å². The molecule has 2 aromatic rings. The van der Waals surface area contributed by atoms with Gasteiger partial charge in [0.1, 0.15) is 6.10 Å². The SMILES string of the molecule is C[N+]1(C)[C@@H]2CC(OC(=O)C(O)(c3cccs3)c3cccs3)C[C@H]1[C@@H]1C[C@@H]12. The lowest BCUT2D eigenvalue weighted by molar-refractivity contribution is -0.937. The monoisotopic (exact) mass is 390 g/mol. The Morgan fingerprint density at radius 1 is 1.08 bits per heavy atom. The fourth-order valence-corrected chi connectivity index (χ4v) is 7.22. The first-order valence-corrected chi connectivity index (χ1v) is 11.0. The van der Waals surface area contributed by atoms with Crippen molar-refractivity contribution in [1.82, 2.24) is 0 Å². The van der Waals surface area contributed by atoms with Crippen molar-refractivity contribution in [2.45, 2.75) is 43.1 Å². The molecule has 2 saturated heterocycles. The van der Waals surface area contributed by atoms with E-state index < -0.39 is 11.6 Å². The summed E-state index contributed by atoms with van der Waals surface area (Å²) < 4.78 is 7.03. The molecule has 1 saturated carbocycles. The van der Waals surface area contributed by atoms with Crippen LogP contribution in [0.5, 0.6) is 0 Å². The van der Waals surface area contributed by atoms with Crippen molar-refractivity contribution in [2.24, 2.45) is 11.8 Å². The van der Waals surface area contributed by atoms with Crippen LogP contribution in [-0.4, -0.2) is 47.8 Å². The van der Waals surface area contributed by atoms with Crippen LogP contribution in [0.25, 0.3) is 0 Å². The number of thiophene rings is 2. The molecule has 0 radical (unpaired) electrons. The lowest BCUT2D eigenvalue weighted by Crippen LogP contribution is -2.59. The van der Waals surface area contributed by atoms with Crippen molar-refractivity contribution in [2.75, 3.05) is 14.1 Å². The Kier molecular flexibility index (Phi) is 3.67. The summed E-state index contributed by atoms with van der Waals surface area (Å²) >= 11 is 2.78. The summed E-state index contributed by atoms with van der Waals surface area (Å²) in [5.41, 5.74) is -1.69. The van der Waals surface area contributed by atoms with Gasteiger partial charge in [0.05, 0.1) is 35.9 Å². The maximum absolute atomic E-state index is 13.2. The van der Waals surface area contributed by atoms with E-state index in [0.717, 1.165) is 29.2 Å². The molecular weight excluding hydrogens is 366 g/mol. The molecule has 26 heavy (non-hydrogen) atoms.